The maximum absolute atomic E-state index is 12.8. The number of ether oxygens (including phenoxy) is 1. The Hall–Kier alpha value is -2.70. The lowest BCUT2D eigenvalue weighted by Crippen LogP contribution is -2.30. The largest absolute Gasteiger partial charge is 0.449 e. The molecular weight excluding hydrogens is 291 g/mol. The van der Waals surface area contributed by atoms with Crippen LogP contribution in [0.25, 0.3) is 0 Å². The van der Waals surface area contributed by atoms with E-state index in [0.717, 1.165) is 0 Å². The fraction of sp³-hybridized carbons (Fsp3) is 0.267. The van der Waals surface area contributed by atoms with E-state index in [2.05, 4.69) is 10.5 Å². The summed E-state index contributed by atoms with van der Waals surface area (Å²) in [4.78, 5) is 24.0. The zero-order chi connectivity index (χ0) is 16.3. The Bertz CT molecular complexity index is 675. The summed E-state index contributed by atoms with van der Waals surface area (Å²) in [5.74, 6) is -1.28. The molecule has 0 radical (unpaired) electrons. The number of amides is 1. The molecule has 0 fully saturated rings. The number of anilines is 1. The van der Waals surface area contributed by atoms with Gasteiger partial charge in [0.05, 0.1) is 5.69 Å². The molecule has 0 saturated carbocycles. The van der Waals surface area contributed by atoms with Crippen LogP contribution in [0.2, 0.25) is 0 Å². The third-order valence-electron chi connectivity index (χ3n) is 3.00. The summed E-state index contributed by atoms with van der Waals surface area (Å²) in [6, 6.07) is 5.26. The number of carbonyl (C=O) groups excluding carboxylic acids is 2. The van der Waals surface area contributed by atoms with Crippen LogP contribution in [0.3, 0.4) is 0 Å². The number of carbonyl (C=O) groups is 2. The van der Waals surface area contributed by atoms with Crippen LogP contribution < -0.4 is 5.32 Å². The first-order valence-corrected chi connectivity index (χ1v) is 6.58. The van der Waals surface area contributed by atoms with E-state index >= 15 is 0 Å². The molecule has 1 aromatic carbocycles. The average molecular weight is 306 g/mol. The summed E-state index contributed by atoms with van der Waals surface area (Å²) in [6.45, 7) is 4.63. The first-order chi connectivity index (χ1) is 10.4. The molecule has 0 aliphatic rings. The maximum Gasteiger partial charge on any atom is 0.344 e. The topological polar surface area (TPSA) is 81.4 Å². The van der Waals surface area contributed by atoms with Gasteiger partial charge in [0, 0.05) is 5.69 Å². The molecule has 1 amide bonds. The molecule has 0 spiro atoms. The van der Waals surface area contributed by atoms with Crippen molar-refractivity contribution in [2.45, 2.75) is 26.9 Å². The maximum atomic E-state index is 12.8. The Morgan fingerprint density at radius 3 is 2.45 bits per heavy atom. The molecule has 1 aromatic heterocycles. The zero-order valence-corrected chi connectivity index (χ0v) is 12.3. The first kappa shape index (κ1) is 15.7. The molecule has 2 aromatic rings. The molecule has 22 heavy (non-hydrogen) atoms. The molecule has 1 N–H and O–H groups in total. The molecule has 116 valence electrons. The third kappa shape index (κ3) is 3.49. The number of aryl methyl sites for hydroxylation is 2. The van der Waals surface area contributed by atoms with Gasteiger partial charge in [-0.15, -0.1) is 0 Å². The molecule has 7 heteroatoms. The van der Waals surface area contributed by atoms with Crippen LogP contribution in [0, 0.1) is 19.7 Å². The van der Waals surface area contributed by atoms with Crippen molar-refractivity contribution in [3.63, 3.8) is 0 Å². The number of esters is 1. The fourth-order valence-corrected chi connectivity index (χ4v) is 1.82. The van der Waals surface area contributed by atoms with Gasteiger partial charge in [-0.3, -0.25) is 4.79 Å². The molecule has 0 aliphatic carbocycles. The normalized spacial score (nSPS) is 11.8. The molecule has 2 rings (SSSR count). The fourth-order valence-electron chi connectivity index (χ4n) is 1.82. The highest BCUT2D eigenvalue weighted by molar-refractivity contribution is 5.97. The summed E-state index contributed by atoms with van der Waals surface area (Å²) in [5, 5.41) is 6.18. The lowest BCUT2D eigenvalue weighted by atomic mass is 10.2. The van der Waals surface area contributed by atoms with Crippen molar-refractivity contribution in [1.29, 1.82) is 0 Å². The van der Waals surface area contributed by atoms with E-state index in [1.807, 2.05) is 0 Å². The highest BCUT2D eigenvalue weighted by Crippen LogP contribution is 2.15. The van der Waals surface area contributed by atoms with Crippen molar-refractivity contribution in [3.05, 3.63) is 47.1 Å². The number of nitrogens with zero attached hydrogens (tertiary/aromatic N) is 1. The van der Waals surface area contributed by atoms with Gasteiger partial charge in [-0.05, 0) is 45.0 Å². The van der Waals surface area contributed by atoms with Crippen molar-refractivity contribution in [2.75, 3.05) is 5.32 Å². The van der Waals surface area contributed by atoms with Gasteiger partial charge in [0.1, 0.15) is 17.1 Å². The lowest BCUT2D eigenvalue weighted by molar-refractivity contribution is -0.123. The van der Waals surface area contributed by atoms with Crippen LogP contribution in [0.5, 0.6) is 0 Å². The summed E-state index contributed by atoms with van der Waals surface area (Å²) < 4.78 is 22.8. The highest BCUT2D eigenvalue weighted by atomic mass is 19.1. The number of halogens is 1. The number of rotatable bonds is 4. The van der Waals surface area contributed by atoms with Crippen LogP contribution in [0.4, 0.5) is 10.1 Å². The molecule has 0 unspecified atom stereocenters. The van der Waals surface area contributed by atoms with Crippen LogP contribution in [-0.2, 0) is 9.53 Å². The van der Waals surface area contributed by atoms with Gasteiger partial charge in [0.2, 0.25) is 0 Å². The van der Waals surface area contributed by atoms with Crippen LogP contribution in [-0.4, -0.2) is 23.1 Å². The summed E-state index contributed by atoms with van der Waals surface area (Å²) in [5.41, 5.74) is 1.02. The van der Waals surface area contributed by atoms with Gasteiger partial charge >= 0.3 is 5.97 Å². The second kappa shape index (κ2) is 6.38. The van der Waals surface area contributed by atoms with Crippen molar-refractivity contribution in [3.8, 4) is 0 Å². The molecule has 0 saturated heterocycles. The Morgan fingerprint density at radius 1 is 1.27 bits per heavy atom. The molecular formula is C15H15FN2O4. The predicted octanol–water partition coefficient (Wildman–Crippen LogP) is 2.61. The molecule has 6 nitrogen and oxygen atoms in total. The number of aromatic nitrogens is 1. The van der Waals surface area contributed by atoms with Gasteiger partial charge in [-0.2, -0.15) is 0 Å². The average Bonchev–Trinajstić information content (AvgIpc) is 2.80. The van der Waals surface area contributed by atoms with Crippen molar-refractivity contribution >= 4 is 17.6 Å². The lowest BCUT2D eigenvalue weighted by Gasteiger charge is -2.13. The SMILES string of the molecule is Cc1noc(C)c1C(=O)O[C@H](C)C(=O)Nc1ccc(F)cc1. The summed E-state index contributed by atoms with van der Waals surface area (Å²) in [7, 11) is 0. The molecule has 1 heterocycles. The standard InChI is InChI=1S/C15H15FN2O4/c1-8-13(9(2)22-18-8)15(20)21-10(3)14(19)17-12-6-4-11(16)5-7-12/h4-7,10H,1-3H3,(H,17,19)/t10-/m1/s1. The Balaban J connectivity index is 1.99. The van der Waals surface area contributed by atoms with E-state index in [1.54, 1.807) is 13.8 Å². The Morgan fingerprint density at radius 2 is 1.91 bits per heavy atom. The quantitative estimate of drug-likeness (QED) is 0.878. The van der Waals surface area contributed by atoms with Crippen molar-refractivity contribution in [1.82, 2.24) is 5.16 Å². The van der Waals surface area contributed by atoms with E-state index in [9.17, 15) is 14.0 Å². The zero-order valence-electron chi connectivity index (χ0n) is 12.3. The predicted molar refractivity (Wildman–Crippen MR) is 75.9 cm³/mol. The van der Waals surface area contributed by atoms with Crippen LogP contribution in [0.1, 0.15) is 28.7 Å². The van der Waals surface area contributed by atoms with Gasteiger partial charge in [0.15, 0.2) is 6.10 Å². The van der Waals surface area contributed by atoms with Crippen LogP contribution in [0.15, 0.2) is 28.8 Å². The first-order valence-electron chi connectivity index (χ1n) is 6.58. The van der Waals surface area contributed by atoms with E-state index in [4.69, 9.17) is 9.26 Å². The Kier molecular flexibility index (Phi) is 4.55. The van der Waals surface area contributed by atoms with E-state index in [0.29, 0.717) is 17.1 Å². The number of nitrogens with one attached hydrogen (secondary N) is 1. The number of hydrogen-bond acceptors (Lipinski definition) is 5. The van der Waals surface area contributed by atoms with E-state index in [1.165, 1.54) is 31.2 Å². The molecule has 1 atom stereocenters. The number of benzene rings is 1. The van der Waals surface area contributed by atoms with Crippen LogP contribution >= 0.6 is 0 Å². The van der Waals surface area contributed by atoms with E-state index in [-0.39, 0.29) is 5.56 Å². The minimum atomic E-state index is -1.02. The number of hydrogen-bond donors (Lipinski definition) is 1. The second-order valence-corrected chi connectivity index (χ2v) is 4.74. The minimum Gasteiger partial charge on any atom is -0.449 e. The van der Waals surface area contributed by atoms with Crippen molar-refractivity contribution < 1.29 is 23.2 Å². The smallest absolute Gasteiger partial charge is 0.344 e. The summed E-state index contributed by atoms with van der Waals surface area (Å²) in [6.07, 6.45) is -1.02. The third-order valence-corrected chi connectivity index (χ3v) is 3.00. The molecule has 0 bridgehead atoms. The van der Waals surface area contributed by atoms with E-state index < -0.39 is 23.8 Å². The highest BCUT2D eigenvalue weighted by Gasteiger charge is 2.24. The van der Waals surface area contributed by atoms with Crippen molar-refractivity contribution in [2.24, 2.45) is 0 Å². The second-order valence-electron chi connectivity index (χ2n) is 4.74. The Labute approximate surface area is 126 Å². The van der Waals surface area contributed by atoms with Gasteiger partial charge in [0.25, 0.3) is 5.91 Å². The monoisotopic (exact) mass is 306 g/mol. The minimum absolute atomic E-state index is 0.210. The van der Waals surface area contributed by atoms with Gasteiger partial charge < -0.3 is 14.6 Å². The summed E-state index contributed by atoms with van der Waals surface area (Å²) >= 11 is 0. The van der Waals surface area contributed by atoms with Gasteiger partial charge in [-0.1, -0.05) is 5.16 Å². The van der Waals surface area contributed by atoms with Gasteiger partial charge in [-0.25, -0.2) is 9.18 Å². The molecule has 0 aliphatic heterocycles.